The molecule has 0 spiro atoms. The van der Waals surface area contributed by atoms with Crippen LogP contribution in [0.2, 0.25) is 0 Å². The van der Waals surface area contributed by atoms with Crippen LogP contribution in [0.1, 0.15) is 41.7 Å². The van der Waals surface area contributed by atoms with Crippen molar-refractivity contribution in [2.24, 2.45) is 0 Å². The molecule has 0 unspecified atom stereocenters. The van der Waals surface area contributed by atoms with E-state index in [1.807, 2.05) is 38.1 Å². The van der Waals surface area contributed by atoms with Crippen molar-refractivity contribution < 1.29 is 23.7 Å². The van der Waals surface area contributed by atoms with Crippen LogP contribution in [-0.2, 0) is 15.1 Å². The van der Waals surface area contributed by atoms with Crippen molar-refractivity contribution in [3.05, 3.63) is 113 Å². The molecule has 0 atom stereocenters. The number of aryl methyl sites for hydroxylation is 2. The van der Waals surface area contributed by atoms with Gasteiger partial charge in [-0.3, -0.25) is 0 Å². The Morgan fingerprint density at radius 1 is 0.575 bits per heavy atom. The second-order valence-corrected chi connectivity index (χ2v) is 9.97. The Balaban J connectivity index is 1.60. The van der Waals surface area contributed by atoms with Gasteiger partial charge in [-0.15, -0.1) is 0 Å². The van der Waals surface area contributed by atoms with Gasteiger partial charge in [0.15, 0.2) is 5.60 Å². The van der Waals surface area contributed by atoms with Gasteiger partial charge in [-0.05, 0) is 69.2 Å². The van der Waals surface area contributed by atoms with Crippen molar-refractivity contribution >= 4 is 0 Å². The van der Waals surface area contributed by atoms with Crippen LogP contribution in [0.4, 0.5) is 0 Å². The predicted octanol–water partition coefficient (Wildman–Crippen LogP) is 7.49. The standard InChI is InChI=1S/C35H38O5/c1-5-36-19-21-38-29-13-9-27(10-14-29)35(28-11-15-30(16-12-28)39-22-20-37-6-2)33-23-25(3)7-17-31(33)32-18-8-26(4)24-34(32)40-35/h7-18,23-24H,5-6,19-22H2,1-4H3. The van der Waals surface area contributed by atoms with Crippen molar-refractivity contribution in [1.29, 1.82) is 0 Å². The molecule has 0 aromatic heterocycles. The lowest BCUT2D eigenvalue weighted by Gasteiger charge is -2.41. The number of hydrogen-bond acceptors (Lipinski definition) is 5. The zero-order valence-electron chi connectivity index (χ0n) is 23.9. The fraction of sp³-hybridized carbons (Fsp3) is 0.314. The molecule has 0 saturated heterocycles. The highest BCUT2D eigenvalue weighted by Gasteiger charge is 2.44. The first-order valence-corrected chi connectivity index (χ1v) is 14.1. The van der Waals surface area contributed by atoms with Crippen LogP contribution in [0, 0.1) is 13.8 Å². The van der Waals surface area contributed by atoms with Crippen molar-refractivity contribution in [3.8, 4) is 28.4 Å². The summed E-state index contributed by atoms with van der Waals surface area (Å²) < 4.78 is 29.8. The number of fused-ring (bicyclic) bond motifs is 3. The van der Waals surface area contributed by atoms with E-state index in [1.54, 1.807) is 0 Å². The van der Waals surface area contributed by atoms with Crippen LogP contribution in [0.15, 0.2) is 84.9 Å². The van der Waals surface area contributed by atoms with Crippen LogP contribution in [-0.4, -0.2) is 39.6 Å². The van der Waals surface area contributed by atoms with E-state index in [1.165, 1.54) is 11.1 Å². The Labute approximate surface area is 237 Å². The summed E-state index contributed by atoms with van der Waals surface area (Å²) in [6, 6.07) is 29.5. The Hall–Kier alpha value is -3.80. The molecule has 1 aliphatic heterocycles. The third-order valence-corrected chi connectivity index (χ3v) is 7.17. The summed E-state index contributed by atoms with van der Waals surface area (Å²) in [6.07, 6.45) is 0. The molecular weight excluding hydrogens is 500 g/mol. The minimum Gasteiger partial charge on any atom is -0.491 e. The zero-order valence-corrected chi connectivity index (χ0v) is 23.9. The summed E-state index contributed by atoms with van der Waals surface area (Å²) in [5.74, 6) is 2.46. The highest BCUT2D eigenvalue weighted by molar-refractivity contribution is 5.80. The highest BCUT2D eigenvalue weighted by atomic mass is 16.5. The van der Waals surface area contributed by atoms with Crippen molar-refractivity contribution in [3.63, 3.8) is 0 Å². The lowest BCUT2D eigenvalue weighted by molar-refractivity contribution is 0.110. The summed E-state index contributed by atoms with van der Waals surface area (Å²) in [6.45, 7) is 11.7. The number of ether oxygens (including phenoxy) is 5. The highest BCUT2D eigenvalue weighted by Crippen LogP contribution is 2.52. The molecule has 0 bridgehead atoms. The third kappa shape index (κ3) is 5.72. The van der Waals surface area contributed by atoms with Gasteiger partial charge in [0.2, 0.25) is 0 Å². The molecule has 5 rings (SSSR count). The Morgan fingerprint density at radius 2 is 1.07 bits per heavy atom. The van der Waals surface area contributed by atoms with Gasteiger partial charge in [-0.2, -0.15) is 0 Å². The zero-order chi connectivity index (χ0) is 28.0. The molecule has 4 aromatic rings. The first-order valence-electron chi connectivity index (χ1n) is 14.1. The minimum absolute atomic E-state index is 0.508. The van der Waals surface area contributed by atoms with Gasteiger partial charge in [-0.25, -0.2) is 0 Å². The summed E-state index contributed by atoms with van der Waals surface area (Å²) in [5.41, 5.74) is 6.88. The molecule has 0 fully saturated rings. The average molecular weight is 539 g/mol. The van der Waals surface area contributed by atoms with E-state index < -0.39 is 5.60 Å². The van der Waals surface area contributed by atoms with Crippen molar-refractivity contribution in [1.82, 2.24) is 0 Å². The second kappa shape index (κ2) is 12.6. The minimum atomic E-state index is -0.865. The average Bonchev–Trinajstić information content (AvgIpc) is 2.97. The Morgan fingerprint density at radius 3 is 1.60 bits per heavy atom. The first-order chi connectivity index (χ1) is 19.5. The van der Waals surface area contributed by atoms with E-state index in [0.29, 0.717) is 39.6 Å². The van der Waals surface area contributed by atoms with Crippen LogP contribution < -0.4 is 14.2 Å². The van der Waals surface area contributed by atoms with E-state index in [-0.39, 0.29) is 0 Å². The van der Waals surface area contributed by atoms with Crippen LogP contribution in [0.3, 0.4) is 0 Å². The van der Waals surface area contributed by atoms with E-state index in [0.717, 1.165) is 45.1 Å². The largest absolute Gasteiger partial charge is 0.491 e. The van der Waals surface area contributed by atoms with Crippen molar-refractivity contribution in [2.45, 2.75) is 33.3 Å². The molecule has 208 valence electrons. The molecule has 1 aliphatic rings. The van der Waals surface area contributed by atoms with E-state index in [9.17, 15) is 0 Å². The fourth-order valence-electron chi connectivity index (χ4n) is 5.23. The fourth-order valence-corrected chi connectivity index (χ4v) is 5.23. The van der Waals surface area contributed by atoms with Gasteiger partial charge in [0.1, 0.15) is 30.5 Å². The maximum absolute atomic E-state index is 7.14. The number of benzene rings is 4. The molecule has 1 heterocycles. The maximum Gasteiger partial charge on any atom is 0.185 e. The first kappa shape index (κ1) is 27.8. The molecule has 0 radical (unpaired) electrons. The Bertz CT molecular complexity index is 1350. The van der Waals surface area contributed by atoms with Gasteiger partial charge in [-0.1, -0.05) is 60.2 Å². The second-order valence-electron chi connectivity index (χ2n) is 9.97. The molecular formula is C35H38O5. The van der Waals surface area contributed by atoms with Gasteiger partial charge in [0, 0.05) is 35.5 Å². The van der Waals surface area contributed by atoms with Gasteiger partial charge in [0.25, 0.3) is 0 Å². The summed E-state index contributed by atoms with van der Waals surface area (Å²) in [4.78, 5) is 0. The topological polar surface area (TPSA) is 46.2 Å². The lowest BCUT2D eigenvalue weighted by atomic mass is 9.74. The number of rotatable bonds is 12. The summed E-state index contributed by atoms with van der Waals surface area (Å²) in [5, 5.41) is 0. The third-order valence-electron chi connectivity index (χ3n) is 7.17. The van der Waals surface area contributed by atoms with E-state index in [4.69, 9.17) is 23.7 Å². The monoisotopic (exact) mass is 538 g/mol. The van der Waals surface area contributed by atoms with Crippen molar-refractivity contribution in [2.75, 3.05) is 39.6 Å². The SMILES string of the molecule is CCOCCOc1ccc(C2(c3ccc(OCCOCC)cc3)Oc3cc(C)ccc3-c3ccc(C)cc32)cc1. The maximum atomic E-state index is 7.14. The van der Waals surface area contributed by atoms with Crippen LogP contribution in [0.25, 0.3) is 11.1 Å². The van der Waals surface area contributed by atoms with Crippen LogP contribution >= 0.6 is 0 Å². The van der Waals surface area contributed by atoms with Crippen LogP contribution in [0.5, 0.6) is 17.2 Å². The smallest absolute Gasteiger partial charge is 0.185 e. The quantitative estimate of drug-likeness (QED) is 0.175. The summed E-state index contributed by atoms with van der Waals surface area (Å²) >= 11 is 0. The van der Waals surface area contributed by atoms with Gasteiger partial charge < -0.3 is 23.7 Å². The number of hydrogen-bond donors (Lipinski definition) is 0. The molecule has 0 N–H and O–H groups in total. The molecule has 4 aromatic carbocycles. The Kier molecular flexibility index (Phi) is 8.73. The van der Waals surface area contributed by atoms with Gasteiger partial charge >= 0.3 is 0 Å². The van der Waals surface area contributed by atoms with E-state index in [2.05, 4.69) is 74.5 Å². The molecule has 0 saturated carbocycles. The molecule has 40 heavy (non-hydrogen) atoms. The molecule has 5 nitrogen and oxygen atoms in total. The van der Waals surface area contributed by atoms with Gasteiger partial charge in [0.05, 0.1) is 13.2 Å². The predicted molar refractivity (Wildman–Crippen MR) is 159 cm³/mol. The molecule has 0 amide bonds. The molecule has 5 heteroatoms. The lowest BCUT2D eigenvalue weighted by Crippen LogP contribution is -2.38. The normalized spacial score (nSPS) is 13.2. The molecule has 0 aliphatic carbocycles. The van der Waals surface area contributed by atoms with E-state index >= 15 is 0 Å². The summed E-state index contributed by atoms with van der Waals surface area (Å²) in [7, 11) is 0.